The second-order valence-corrected chi connectivity index (χ2v) is 6.09. The van der Waals surface area contributed by atoms with Gasteiger partial charge in [0.25, 0.3) is 0 Å². The van der Waals surface area contributed by atoms with Crippen molar-refractivity contribution in [2.75, 3.05) is 24.3 Å². The van der Waals surface area contributed by atoms with E-state index in [1.54, 1.807) is 19.5 Å². The molecule has 0 bridgehead atoms. The van der Waals surface area contributed by atoms with Crippen LogP contribution in [-0.2, 0) is 0 Å². The molecule has 25 heavy (non-hydrogen) atoms. The highest BCUT2D eigenvalue weighted by atomic mass is 16.5. The van der Waals surface area contributed by atoms with E-state index in [0.717, 1.165) is 24.4 Å². The first kappa shape index (κ1) is 16.9. The zero-order valence-corrected chi connectivity index (χ0v) is 14.7. The van der Waals surface area contributed by atoms with Crippen LogP contribution in [0.2, 0.25) is 0 Å². The zero-order valence-electron chi connectivity index (χ0n) is 14.7. The molecule has 0 aliphatic rings. The Kier molecular flexibility index (Phi) is 5.23. The number of rotatable bonds is 7. The maximum atomic E-state index is 5.19. The Morgan fingerprint density at radius 3 is 2.52 bits per heavy atom. The van der Waals surface area contributed by atoms with Crippen molar-refractivity contribution >= 4 is 28.6 Å². The van der Waals surface area contributed by atoms with Gasteiger partial charge in [-0.1, -0.05) is 13.8 Å². The molecule has 3 aromatic rings. The van der Waals surface area contributed by atoms with E-state index in [-0.39, 0.29) is 0 Å². The van der Waals surface area contributed by atoms with Crippen LogP contribution in [0.25, 0.3) is 11.2 Å². The van der Waals surface area contributed by atoms with Gasteiger partial charge in [-0.3, -0.25) is 0 Å². The van der Waals surface area contributed by atoms with Crippen LogP contribution < -0.4 is 15.4 Å². The minimum absolute atomic E-state index is 0.546. The van der Waals surface area contributed by atoms with Crippen LogP contribution >= 0.6 is 0 Å². The molecule has 3 rings (SSSR count). The molecule has 0 saturated carbocycles. The van der Waals surface area contributed by atoms with Crippen LogP contribution in [0.4, 0.5) is 17.5 Å². The van der Waals surface area contributed by atoms with Crippen molar-refractivity contribution in [2.24, 2.45) is 5.92 Å². The van der Waals surface area contributed by atoms with Crippen molar-refractivity contribution in [2.45, 2.75) is 20.3 Å². The van der Waals surface area contributed by atoms with Crippen LogP contribution in [0.15, 0.2) is 36.7 Å². The van der Waals surface area contributed by atoms with Crippen molar-refractivity contribution in [3.05, 3.63) is 36.7 Å². The van der Waals surface area contributed by atoms with Crippen LogP contribution in [-0.4, -0.2) is 33.6 Å². The standard InChI is InChI=1S/C18H22N6O/c1-12(2)8-9-21-18-23-16-15(19-10-11-20-16)17(24-18)22-13-4-6-14(25-3)7-5-13/h4-7,10-12H,8-9H2,1-3H3,(H2,20,21,22,23,24). The molecule has 0 aliphatic carbocycles. The highest BCUT2D eigenvalue weighted by molar-refractivity contribution is 5.85. The summed E-state index contributed by atoms with van der Waals surface area (Å²) in [6.07, 6.45) is 4.31. The zero-order chi connectivity index (χ0) is 17.6. The number of hydrogen-bond acceptors (Lipinski definition) is 7. The molecular formula is C18H22N6O. The number of fused-ring (bicyclic) bond motifs is 1. The van der Waals surface area contributed by atoms with Crippen LogP contribution in [0.5, 0.6) is 5.75 Å². The van der Waals surface area contributed by atoms with Crippen molar-refractivity contribution in [3.63, 3.8) is 0 Å². The summed E-state index contributed by atoms with van der Waals surface area (Å²) in [5.74, 6) is 2.58. The monoisotopic (exact) mass is 338 g/mol. The van der Waals surface area contributed by atoms with E-state index in [0.29, 0.717) is 28.8 Å². The number of nitrogens with zero attached hydrogens (tertiary/aromatic N) is 4. The third kappa shape index (κ3) is 4.32. The topological polar surface area (TPSA) is 84.9 Å². The number of hydrogen-bond donors (Lipinski definition) is 2. The quantitative estimate of drug-likeness (QED) is 0.680. The largest absolute Gasteiger partial charge is 0.497 e. The maximum Gasteiger partial charge on any atom is 0.226 e. The Hall–Kier alpha value is -2.96. The van der Waals surface area contributed by atoms with Gasteiger partial charge in [-0.2, -0.15) is 9.97 Å². The third-order valence-corrected chi connectivity index (χ3v) is 3.69. The summed E-state index contributed by atoms with van der Waals surface area (Å²) in [6, 6.07) is 7.63. The lowest BCUT2D eigenvalue weighted by atomic mass is 10.1. The van der Waals surface area contributed by atoms with Crippen LogP contribution in [0.3, 0.4) is 0 Å². The number of anilines is 3. The smallest absolute Gasteiger partial charge is 0.226 e. The highest BCUT2D eigenvalue weighted by Crippen LogP contribution is 2.24. The van der Waals surface area contributed by atoms with E-state index in [9.17, 15) is 0 Å². The van der Waals surface area contributed by atoms with Gasteiger partial charge in [0, 0.05) is 24.6 Å². The van der Waals surface area contributed by atoms with Gasteiger partial charge in [-0.05, 0) is 36.6 Å². The molecule has 2 heterocycles. The fourth-order valence-corrected chi connectivity index (χ4v) is 2.31. The third-order valence-electron chi connectivity index (χ3n) is 3.69. The molecule has 2 N–H and O–H groups in total. The molecular weight excluding hydrogens is 316 g/mol. The average Bonchev–Trinajstić information content (AvgIpc) is 2.62. The Labute approximate surface area is 146 Å². The maximum absolute atomic E-state index is 5.19. The summed E-state index contributed by atoms with van der Waals surface area (Å²) in [4.78, 5) is 17.7. The van der Waals surface area contributed by atoms with Crippen molar-refractivity contribution in [1.29, 1.82) is 0 Å². The SMILES string of the molecule is COc1ccc(Nc2nc(NCCC(C)C)nc3nccnc23)cc1. The Bertz CT molecular complexity index is 835. The van der Waals surface area contributed by atoms with E-state index in [1.807, 2.05) is 24.3 Å². The van der Waals surface area contributed by atoms with Crippen molar-refractivity contribution in [3.8, 4) is 5.75 Å². The molecule has 2 aromatic heterocycles. The van der Waals surface area contributed by atoms with Gasteiger partial charge in [0.05, 0.1) is 7.11 Å². The second kappa shape index (κ2) is 7.74. The summed E-state index contributed by atoms with van der Waals surface area (Å²) >= 11 is 0. The van der Waals surface area contributed by atoms with Gasteiger partial charge in [0.2, 0.25) is 5.95 Å². The van der Waals surface area contributed by atoms with Crippen LogP contribution in [0.1, 0.15) is 20.3 Å². The van der Waals surface area contributed by atoms with Crippen LogP contribution in [0, 0.1) is 5.92 Å². The van der Waals surface area contributed by atoms with E-state index in [4.69, 9.17) is 4.74 Å². The molecule has 1 aromatic carbocycles. The molecule has 0 aliphatic heterocycles. The summed E-state index contributed by atoms with van der Waals surface area (Å²) in [7, 11) is 1.64. The summed E-state index contributed by atoms with van der Waals surface area (Å²) in [6.45, 7) is 5.18. The first-order valence-electron chi connectivity index (χ1n) is 8.29. The van der Waals surface area contributed by atoms with E-state index < -0.39 is 0 Å². The lowest BCUT2D eigenvalue weighted by Gasteiger charge is -2.11. The van der Waals surface area contributed by atoms with Crippen molar-refractivity contribution in [1.82, 2.24) is 19.9 Å². The summed E-state index contributed by atoms with van der Waals surface area (Å²) in [5.41, 5.74) is 2.08. The van der Waals surface area contributed by atoms with Gasteiger partial charge >= 0.3 is 0 Å². The molecule has 0 fully saturated rings. The first-order valence-corrected chi connectivity index (χ1v) is 8.29. The fourth-order valence-electron chi connectivity index (χ4n) is 2.31. The van der Waals surface area contributed by atoms with Gasteiger partial charge in [0.15, 0.2) is 17.0 Å². The van der Waals surface area contributed by atoms with Gasteiger partial charge in [0.1, 0.15) is 5.75 Å². The Morgan fingerprint density at radius 1 is 1.04 bits per heavy atom. The molecule has 7 heteroatoms. The van der Waals surface area contributed by atoms with E-state index in [2.05, 4.69) is 44.4 Å². The number of aromatic nitrogens is 4. The molecule has 130 valence electrons. The van der Waals surface area contributed by atoms with Crippen molar-refractivity contribution < 1.29 is 4.74 Å². The first-order chi connectivity index (χ1) is 12.2. The molecule has 0 atom stereocenters. The summed E-state index contributed by atoms with van der Waals surface area (Å²) in [5, 5.41) is 6.55. The number of nitrogens with one attached hydrogen (secondary N) is 2. The van der Waals surface area contributed by atoms with Gasteiger partial charge in [-0.25, -0.2) is 9.97 Å². The van der Waals surface area contributed by atoms with Gasteiger partial charge in [-0.15, -0.1) is 0 Å². The number of benzene rings is 1. The molecule has 0 spiro atoms. The van der Waals surface area contributed by atoms with E-state index in [1.165, 1.54) is 0 Å². The Morgan fingerprint density at radius 2 is 1.80 bits per heavy atom. The predicted molar refractivity (Wildman–Crippen MR) is 99.3 cm³/mol. The highest BCUT2D eigenvalue weighted by Gasteiger charge is 2.10. The Balaban J connectivity index is 1.88. The predicted octanol–water partition coefficient (Wildman–Crippen LogP) is 3.63. The van der Waals surface area contributed by atoms with Gasteiger partial charge < -0.3 is 15.4 Å². The lowest BCUT2D eigenvalue weighted by molar-refractivity contribution is 0.415. The second-order valence-electron chi connectivity index (χ2n) is 6.09. The molecule has 0 amide bonds. The molecule has 0 radical (unpaired) electrons. The average molecular weight is 338 g/mol. The minimum atomic E-state index is 0.546. The normalized spacial score (nSPS) is 10.9. The molecule has 7 nitrogen and oxygen atoms in total. The molecule has 0 saturated heterocycles. The number of methoxy groups -OCH3 is 1. The molecule has 0 unspecified atom stereocenters. The fraction of sp³-hybridized carbons (Fsp3) is 0.333. The minimum Gasteiger partial charge on any atom is -0.497 e. The summed E-state index contributed by atoms with van der Waals surface area (Å²) < 4.78 is 5.19. The van der Waals surface area contributed by atoms with E-state index >= 15 is 0 Å². The lowest BCUT2D eigenvalue weighted by Crippen LogP contribution is -2.10. The number of ether oxygens (including phenoxy) is 1.